The summed E-state index contributed by atoms with van der Waals surface area (Å²) in [4.78, 5) is 11.7. The van der Waals surface area contributed by atoms with E-state index in [0.717, 1.165) is 37.9 Å². The Bertz CT molecular complexity index is 1450. The number of benzene rings is 2. The van der Waals surface area contributed by atoms with Crippen LogP contribution in [-0.2, 0) is 15.9 Å². The van der Waals surface area contributed by atoms with E-state index < -0.39 is 0 Å². The van der Waals surface area contributed by atoms with Crippen molar-refractivity contribution >= 4 is 39.4 Å². The van der Waals surface area contributed by atoms with Gasteiger partial charge < -0.3 is 23.3 Å². The van der Waals surface area contributed by atoms with Crippen molar-refractivity contribution in [3.8, 4) is 11.5 Å². The molecule has 0 aliphatic carbocycles. The van der Waals surface area contributed by atoms with Crippen molar-refractivity contribution in [1.29, 1.82) is 0 Å². The van der Waals surface area contributed by atoms with Gasteiger partial charge in [-0.15, -0.1) is 0 Å². The predicted octanol–water partition coefficient (Wildman–Crippen LogP) is 4.25. The molecular weight excluding hydrogens is 525 g/mol. The number of hydrogen-bond donors (Lipinski definition) is 1. The average molecular weight is 552 g/mol. The molecule has 4 aromatic rings. The summed E-state index contributed by atoms with van der Waals surface area (Å²) in [7, 11) is -0.317. The minimum atomic E-state index is -0.317. The summed E-state index contributed by atoms with van der Waals surface area (Å²) in [6.45, 7) is 9.00. The zero-order valence-corrected chi connectivity index (χ0v) is 22.2. The topological polar surface area (TPSA) is 87.6 Å². The van der Waals surface area contributed by atoms with Crippen molar-refractivity contribution in [3.63, 3.8) is 0 Å². The van der Waals surface area contributed by atoms with Gasteiger partial charge in [0.1, 0.15) is 0 Å². The van der Waals surface area contributed by atoms with Gasteiger partial charge in [0.25, 0.3) is 5.56 Å². The number of nitrogens with zero attached hydrogens (tertiary/aromatic N) is 2. The highest BCUT2D eigenvalue weighted by molar-refractivity contribution is 9.10. The van der Waals surface area contributed by atoms with Gasteiger partial charge in [0.05, 0.1) is 29.5 Å². The third-order valence-electron chi connectivity index (χ3n) is 6.73. The molecule has 2 aromatic heterocycles. The molecule has 36 heavy (non-hydrogen) atoms. The van der Waals surface area contributed by atoms with E-state index in [9.17, 15) is 4.79 Å². The van der Waals surface area contributed by atoms with E-state index in [-0.39, 0.29) is 30.7 Å². The third-order valence-corrected chi connectivity index (χ3v) is 7.20. The van der Waals surface area contributed by atoms with Gasteiger partial charge in [-0.3, -0.25) is 9.89 Å². The minimum Gasteiger partial charge on any atom is -0.454 e. The van der Waals surface area contributed by atoms with E-state index in [0.29, 0.717) is 6.54 Å². The molecule has 0 atom stereocenters. The number of hydrogen-bond acceptors (Lipinski definition) is 6. The van der Waals surface area contributed by atoms with Crippen LogP contribution in [0.5, 0.6) is 11.5 Å². The lowest BCUT2D eigenvalue weighted by Crippen LogP contribution is -2.41. The summed E-state index contributed by atoms with van der Waals surface area (Å²) in [6, 6.07) is 15.1. The first-order valence-corrected chi connectivity index (χ1v) is 12.4. The molecule has 1 N–H and O–H groups in total. The van der Waals surface area contributed by atoms with Crippen molar-refractivity contribution in [2.24, 2.45) is 0 Å². The van der Waals surface area contributed by atoms with Gasteiger partial charge in [-0.1, -0.05) is 18.2 Å². The maximum atomic E-state index is 11.7. The second-order valence-corrected chi connectivity index (χ2v) is 10.7. The molecule has 6 rings (SSSR count). The maximum absolute atomic E-state index is 11.7. The van der Waals surface area contributed by atoms with E-state index in [1.165, 1.54) is 6.07 Å². The lowest BCUT2D eigenvalue weighted by atomic mass is 9.79. The lowest BCUT2D eigenvalue weighted by Gasteiger charge is -2.32. The largest absolute Gasteiger partial charge is 0.494 e. The first kappa shape index (κ1) is 24.6. The number of H-pyrrole nitrogens is 1. The molecular formula is C26H27BBrN3O5. The number of aromatic amines is 1. The smallest absolute Gasteiger partial charge is 0.454 e. The van der Waals surface area contributed by atoms with E-state index in [2.05, 4.69) is 53.8 Å². The molecule has 0 radical (unpaired) electrons. The molecule has 2 aromatic carbocycles. The van der Waals surface area contributed by atoms with Crippen molar-refractivity contribution in [2.75, 3.05) is 6.79 Å². The van der Waals surface area contributed by atoms with Crippen LogP contribution < -0.4 is 20.5 Å². The Kier molecular flexibility index (Phi) is 6.44. The number of ether oxygens (including phenoxy) is 2. The summed E-state index contributed by atoms with van der Waals surface area (Å²) in [6.07, 6.45) is 3.58. The summed E-state index contributed by atoms with van der Waals surface area (Å²) in [5.41, 5.74) is 2.38. The molecule has 8 nitrogen and oxygen atoms in total. The molecule has 1 fully saturated rings. The third kappa shape index (κ3) is 4.93. The van der Waals surface area contributed by atoms with Crippen LogP contribution in [0.4, 0.5) is 0 Å². The fraction of sp³-hybridized carbons (Fsp3) is 0.308. The first-order valence-electron chi connectivity index (χ1n) is 11.6. The number of pyridine rings is 1. The summed E-state index contributed by atoms with van der Waals surface area (Å²) in [5.74, 6) is 1.48. The van der Waals surface area contributed by atoms with Gasteiger partial charge >= 0.3 is 7.12 Å². The molecule has 10 heteroatoms. The standard InChI is InChI=1S/C13H17BN2O2.C13H10BrNO3/c1-12(2)13(3,4)18-14(17-12)10-6-5-9-8-15-16-11(9)7-10;14-10-2-4-13(16)15(7-10)6-9-1-3-11-12(5-9)18-8-17-11/h5-8H,1-4H3,(H,15,16);1-5,7H,6,8H2. The lowest BCUT2D eigenvalue weighted by molar-refractivity contribution is 0.00578. The number of fused-ring (bicyclic) bond motifs is 2. The Balaban J connectivity index is 0.000000148. The molecule has 4 heterocycles. The second-order valence-electron chi connectivity index (χ2n) is 9.81. The van der Waals surface area contributed by atoms with Crippen LogP contribution in [0.15, 0.2) is 70.2 Å². The Labute approximate surface area is 217 Å². The first-order chi connectivity index (χ1) is 17.1. The molecule has 0 spiro atoms. The van der Waals surface area contributed by atoms with Gasteiger partial charge in [0, 0.05) is 22.1 Å². The van der Waals surface area contributed by atoms with Crippen LogP contribution in [0.3, 0.4) is 0 Å². The van der Waals surface area contributed by atoms with Crippen molar-refractivity contribution < 1.29 is 18.8 Å². The number of nitrogens with one attached hydrogen (secondary N) is 1. The Morgan fingerprint density at radius 3 is 2.53 bits per heavy atom. The monoisotopic (exact) mass is 551 g/mol. The predicted molar refractivity (Wildman–Crippen MR) is 142 cm³/mol. The van der Waals surface area contributed by atoms with Crippen molar-refractivity contribution in [3.05, 3.63) is 81.3 Å². The quantitative estimate of drug-likeness (QED) is 0.383. The Hall–Kier alpha value is -3.08. The van der Waals surface area contributed by atoms with Crippen molar-refractivity contribution in [1.82, 2.24) is 14.8 Å². The van der Waals surface area contributed by atoms with Gasteiger partial charge in [-0.25, -0.2) is 0 Å². The molecule has 0 amide bonds. The molecule has 0 bridgehead atoms. The van der Waals surface area contributed by atoms with Crippen molar-refractivity contribution in [2.45, 2.75) is 45.4 Å². The van der Waals surface area contributed by atoms with Crippen LogP contribution in [0.25, 0.3) is 10.9 Å². The van der Waals surface area contributed by atoms with E-state index in [1.807, 2.05) is 42.6 Å². The van der Waals surface area contributed by atoms with Crippen LogP contribution >= 0.6 is 15.9 Å². The molecule has 186 valence electrons. The van der Waals surface area contributed by atoms with E-state index in [1.54, 1.807) is 16.8 Å². The number of aromatic nitrogens is 3. The normalized spacial score (nSPS) is 17.2. The molecule has 1 saturated heterocycles. The minimum absolute atomic E-state index is 0.0316. The summed E-state index contributed by atoms with van der Waals surface area (Å²) >= 11 is 3.35. The molecule has 2 aliphatic rings. The zero-order chi connectivity index (χ0) is 25.5. The average Bonchev–Trinajstić information content (AvgIpc) is 3.53. The van der Waals surface area contributed by atoms with E-state index in [4.69, 9.17) is 18.8 Å². The fourth-order valence-electron chi connectivity index (χ4n) is 3.94. The van der Waals surface area contributed by atoms with E-state index >= 15 is 0 Å². The van der Waals surface area contributed by atoms with Gasteiger partial charge in [0.15, 0.2) is 11.5 Å². The highest BCUT2D eigenvalue weighted by Gasteiger charge is 2.51. The van der Waals surface area contributed by atoms with Crippen LogP contribution in [0.1, 0.15) is 33.3 Å². The number of halogens is 1. The molecule has 2 aliphatic heterocycles. The number of rotatable bonds is 3. The Morgan fingerprint density at radius 2 is 1.75 bits per heavy atom. The zero-order valence-electron chi connectivity index (χ0n) is 20.6. The summed E-state index contributed by atoms with van der Waals surface area (Å²) < 4.78 is 25.1. The highest BCUT2D eigenvalue weighted by Crippen LogP contribution is 2.36. The van der Waals surface area contributed by atoms with Crippen LogP contribution in [0.2, 0.25) is 0 Å². The SMILES string of the molecule is CC1(C)OB(c2ccc3cn[nH]c3c2)OC1(C)C.O=c1ccc(Br)cn1Cc1ccc2c(c1)OCO2. The van der Waals surface area contributed by atoms with Gasteiger partial charge in [-0.2, -0.15) is 5.10 Å². The maximum Gasteiger partial charge on any atom is 0.494 e. The van der Waals surface area contributed by atoms with Crippen LogP contribution in [0, 0.1) is 0 Å². The fourth-order valence-corrected chi connectivity index (χ4v) is 4.32. The molecule has 0 unspecified atom stereocenters. The highest BCUT2D eigenvalue weighted by atomic mass is 79.9. The Morgan fingerprint density at radius 1 is 1.00 bits per heavy atom. The second kappa shape index (κ2) is 9.42. The van der Waals surface area contributed by atoms with Crippen LogP contribution in [-0.4, -0.2) is 39.9 Å². The molecule has 0 saturated carbocycles. The summed E-state index contributed by atoms with van der Waals surface area (Å²) in [5, 5.41) is 8.08. The van der Waals surface area contributed by atoms with Gasteiger partial charge in [0.2, 0.25) is 6.79 Å². The van der Waals surface area contributed by atoms with Gasteiger partial charge in [-0.05, 0) is 78.9 Å².